The highest BCUT2D eigenvalue weighted by Gasteiger charge is 2.62. The van der Waals surface area contributed by atoms with Crippen LogP contribution >= 0.6 is 0 Å². The first-order chi connectivity index (χ1) is 12.4. The average molecular weight is 377 g/mol. The van der Waals surface area contributed by atoms with E-state index >= 15 is 0 Å². The Hall–Kier alpha value is -2.49. The van der Waals surface area contributed by atoms with Crippen LogP contribution in [0.1, 0.15) is 16.9 Å². The summed E-state index contributed by atoms with van der Waals surface area (Å²) < 4.78 is 31.5. The lowest BCUT2D eigenvalue weighted by Gasteiger charge is -2.49. The number of nitrogens with zero attached hydrogens (tertiary/aromatic N) is 5. The van der Waals surface area contributed by atoms with Crippen molar-refractivity contribution in [2.45, 2.75) is 11.2 Å². The quantitative estimate of drug-likeness (QED) is 0.733. The highest BCUT2D eigenvalue weighted by Crippen LogP contribution is 2.45. The van der Waals surface area contributed by atoms with Crippen molar-refractivity contribution in [3.05, 3.63) is 36.4 Å². The number of aryl methyl sites for hydroxylation is 1. The van der Waals surface area contributed by atoms with Gasteiger partial charge in [0.1, 0.15) is 10.4 Å². The molecule has 0 N–H and O–H groups in total. The minimum absolute atomic E-state index is 0.115. The van der Waals surface area contributed by atoms with Gasteiger partial charge in [-0.3, -0.25) is 9.48 Å². The predicted octanol–water partition coefficient (Wildman–Crippen LogP) is -0.0816. The molecule has 2 saturated heterocycles. The summed E-state index contributed by atoms with van der Waals surface area (Å²) >= 11 is 0. The van der Waals surface area contributed by atoms with E-state index in [0.29, 0.717) is 12.1 Å². The summed E-state index contributed by atoms with van der Waals surface area (Å²) in [6, 6.07) is 3.54. The summed E-state index contributed by atoms with van der Waals surface area (Å²) in [7, 11) is -1.60. The molecule has 0 aromatic carbocycles. The Kier molecular flexibility index (Phi) is 3.94. The van der Waals surface area contributed by atoms with E-state index in [1.165, 1.54) is 4.68 Å². The van der Waals surface area contributed by atoms with Crippen LogP contribution in [-0.4, -0.2) is 69.2 Å². The summed E-state index contributed by atoms with van der Waals surface area (Å²) in [6.07, 6.45) is 5.21. The lowest BCUT2D eigenvalue weighted by Crippen LogP contribution is -2.69. The van der Waals surface area contributed by atoms with E-state index in [1.54, 1.807) is 42.7 Å². The molecule has 0 bridgehead atoms. The van der Waals surface area contributed by atoms with Crippen molar-refractivity contribution in [1.82, 2.24) is 24.6 Å². The van der Waals surface area contributed by atoms with Gasteiger partial charge >= 0.3 is 6.01 Å². The zero-order valence-electron chi connectivity index (χ0n) is 14.3. The van der Waals surface area contributed by atoms with Crippen LogP contribution in [0.3, 0.4) is 0 Å². The number of sulfone groups is 1. The Morgan fingerprint density at radius 3 is 2.69 bits per heavy atom. The van der Waals surface area contributed by atoms with Crippen LogP contribution in [0.5, 0.6) is 6.01 Å². The minimum Gasteiger partial charge on any atom is -0.463 e. The Labute approximate surface area is 150 Å². The number of hydrogen-bond acceptors (Lipinski definition) is 7. The molecule has 0 radical (unpaired) electrons. The third-order valence-corrected chi connectivity index (χ3v) is 7.90. The van der Waals surface area contributed by atoms with Crippen LogP contribution in [0.15, 0.2) is 30.7 Å². The monoisotopic (exact) mass is 377 g/mol. The van der Waals surface area contributed by atoms with Crippen LogP contribution in [0.2, 0.25) is 0 Å². The van der Waals surface area contributed by atoms with Crippen molar-refractivity contribution in [2.75, 3.05) is 25.4 Å². The van der Waals surface area contributed by atoms with Gasteiger partial charge < -0.3 is 9.64 Å². The molecule has 2 aliphatic rings. The molecule has 1 spiro atoms. The molecule has 1 atom stereocenters. The Balaban J connectivity index is 1.48. The second kappa shape index (κ2) is 6.04. The highest BCUT2D eigenvalue weighted by molar-refractivity contribution is 7.93. The van der Waals surface area contributed by atoms with Gasteiger partial charge in [0.05, 0.1) is 12.4 Å². The summed E-state index contributed by atoms with van der Waals surface area (Å²) in [4.78, 5) is 22.1. The van der Waals surface area contributed by atoms with E-state index in [-0.39, 0.29) is 43.3 Å². The summed E-state index contributed by atoms with van der Waals surface area (Å²) in [5.41, 5.74) is 0.445. The first kappa shape index (κ1) is 17.0. The number of carbonyl (C=O) groups excluding carboxylic acids is 1. The Morgan fingerprint density at radius 1 is 1.31 bits per heavy atom. The zero-order chi connectivity index (χ0) is 18.4. The topological polar surface area (TPSA) is 107 Å². The molecule has 2 aliphatic heterocycles. The van der Waals surface area contributed by atoms with Gasteiger partial charge in [-0.05, 0) is 18.6 Å². The molecule has 0 unspecified atom stereocenters. The number of amides is 1. The third kappa shape index (κ3) is 2.56. The molecule has 10 heteroatoms. The van der Waals surface area contributed by atoms with E-state index in [1.807, 2.05) is 0 Å². The lowest BCUT2D eigenvalue weighted by atomic mass is 9.83. The van der Waals surface area contributed by atoms with Crippen molar-refractivity contribution in [3.63, 3.8) is 0 Å². The Morgan fingerprint density at radius 2 is 2.04 bits per heavy atom. The summed E-state index contributed by atoms with van der Waals surface area (Å²) in [6.45, 7) is 0.586. The van der Waals surface area contributed by atoms with E-state index in [4.69, 9.17) is 4.74 Å². The molecule has 4 rings (SSSR count). The smallest absolute Gasteiger partial charge is 0.316 e. The van der Waals surface area contributed by atoms with Crippen molar-refractivity contribution in [1.29, 1.82) is 0 Å². The lowest BCUT2D eigenvalue weighted by molar-refractivity contribution is 0.0393. The summed E-state index contributed by atoms with van der Waals surface area (Å²) in [5.74, 6) is -0.277. The minimum atomic E-state index is -3.29. The van der Waals surface area contributed by atoms with Gasteiger partial charge in [0.2, 0.25) is 0 Å². The van der Waals surface area contributed by atoms with Gasteiger partial charge in [0.25, 0.3) is 5.91 Å². The van der Waals surface area contributed by atoms with E-state index in [0.717, 1.165) is 0 Å². The van der Waals surface area contributed by atoms with Crippen molar-refractivity contribution in [3.8, 4) is 6.01 Å². The highest BCUT2D eigenvalue weighted by atomic mass is 32.2. The molecule has 0 aliphatic carbocycles. The van der Waals surface area contributed by atoms with Crippen molar-refractivity contribution in [2.24, 2.45) is 13.0 Å². The maximum Gasteiger partial charge on any atom is 0.316 e. The predicted molar refractivity (Wildman–Crippen MR) is 91.3 cm³/mol. The fourth-order valence-corrected chi connectivity index (χ4v) is 6.13. The van der Waals surface area contributed by atoms with Gasteiger partial charge in [-0.25, -0.2) is 18.4 Å². The molecule has 138 valence electrons. The number of likely N-dealkylation sites (tertiary alicyclic amines) is 1. The van der Waals surface area contributed by atoms with Gasteiger partial charge in [-0.15, -0.1) is 0 Å². The molecule has 2 fully saturated rings. The molecule has 9 nitrogen and oxygen atoms in total. The van der Waals surface area contributed by atoms with Crippen LogP contribution in [-0.2, 0) is 16.9 Å². The van der Waals surface area contributed by atoms with E-state index in [2.05, 4.69) is 15.1 Å². The number of carbonyl (C=O) groups is 1. The van der Waals surface area contributed by atoms with Crippen molar-refractivity contribution < 1.29 is 17.9 Å². The number of ether oxygens (including phenoxy) is 1. The molecule has 0 saturated carbocycles. The summed E-state index contributed by atoms with van der Waals surface area (Å²) in [5, 5.41) is 3.99. The van der Waals surface area contributed by atoms with Gasteiger partial charge in [0, 0.05) is 44.6 Å². The zero-order valence-corrected chi connectivity index (χ0v) is 15.1. The maximum absolute atomic E-state index is 12.7. The van der Waals surface area contributed by atoms with Crippen LogP contribution in [0.25, 0.3) is 0 Å². The number of hydrogen-bond donors (Lipinski definition) is 0. The molecular weight excluding hydrogens is 358 g/mol. The molecule has 2 aromatic heterocycles. The third-order valence-electron chi connectivity index (χ3n) is 5.30. The normalized spacial score (nSPS) is 23.0. The van der Waals surface area contributed by atoms with Crippen LogP contribution in [0.4, 0.5) is 0 Å². The first-order valence-electron chi connectivity index (χ1n) is 8.32. The second-order valence-electron chi connectivity index (χ2n) is 6.71. The molecular formula is C16H19N5O4S. The number of aromatic nitrogens is 4. The van der Waals surface area contributed by atoms with Gasteiger partial charge in [-0.1, -0.05) is 0 Å². The van der Waals surface area contributed by atoms with Crippen LogP contribution < -0.4 is 4.74 Å². The largest absolute Gasteiger partial charge is 0.463 e. The second-order valence-corrected chi connectivity index (χ2v) is 9.16. The molecule has 2 aromatic rings. The Bertz CT molecular complexity index is 921. The van der Waals surface area contributed by atoms with Crippen molar-refractivity contribution >= 4 is 15.7 Å². The van der Waals surface area contributed by atoms with Gasteiger partial charge in [-0.2, -0.15) is 5.10 Å². The fraction of sp³-hybridized carbons (Fsp3) is 0.500. The van der Waals surface area contributed by atoms with Gasteiger partial charge in [0.15, 0.2) is 9.84 Å². The first-order valence-corrected chi connectivity index (χ1v) is 9.97. The fourth-order valence-electron chi connectivity index (χ4n) is 3.73. The SMILES string of the molecule is Cn1nccc1C(=O)N1CC2(C1)[C@@H](COc1ncccn1)CCS2(=O)=O. The molecule has 4 heterocycles. The standard InChI is InChI=1S/C16H19N5O4S/c1-20-13(3-7-19-20)14(22)21-10-16(11-21)12(4-8-26(16,23)24)9-25-15-17-5-2-6-18-15/h2-3,5-7,12H,4,8-11H2,1H3/t12-/m1/s1. The maximum atomic E-state index is 12.7. The van der Waals surface area contributed by atoms with Crippen LogP contribution in [0, 0.1) is 5.92 Å². The van der Waals surface area contributed by atoms with E-state index in [9.17, 15) is 13.2 Å². The molecule has 1 amide bonds. The average Bonchev–Trinajstić information content (AvgIpc) is 3.12. The molecule has 26 heavy (non-hydrogen) atoms. The number of rotatable bonds is 4. The van der Waals surface area contributed by atoms with E-state index < -0.39 is 14.6 Å².